The van der Waals surface area contributed by atoms with Gasteiger partial charge in [0, 0.05) is 81.2 Å². The topological polar surface area (TPSA) is 394 Å². The average molecular weight is 2030 g/mol. The summed E-state index contributed by atoms with van der Waals surface area (Å²) in [7, 11) is 2.57. The maximum Gasteiger partial charge on any atom is 1.00 e. The zero-order valence-corrected chi connectivity index (χ0v) is 84.2. The van der Waals surface area contributed by atoms with Crippen LogP contribution in [0.5, 0.6) is 0 Å². The summed E-state index contributed by atoms with van der Waals surface area (Å²) in [5, 5.41) is 62.0. The standard InChI is InChI=1S/2C22H18N2O2.C13H11ClN2O2.C13H9ClN2O.C13H9ClN2.C13H10N2O.C9H11BO4.C8H11N.CH2O2.CH4.Na/c2*1-2-26-22(25)16-13-11-15(12-14-16)21-17-7-3-4-8-18(17)23-19-9-5-6-10-20(19)24-21;14-8-5-6-10(15)12(7-8)16-11-4-2-1-3-9(11)13(17)18;14-8-5-6-11-12(7-8)15-10-4-2-1-3-9(10)13(17)16-11;14-13-9-5-1-2-6-10(9)15-11-7-3-4-8-12(11)16-13;16-13-9-5-1-2-6-10(9)14-11-7-3-4-8-12(11)15-13;1-2-14-9(11)7-3-5-8(6-4-7)10(12)13;1-9(2)8-6-4-3-5-7-8;2-1-3;;/h2*3-14,23H,2H2,1H3;1-7,16H,15H2,(H,17,18);1-7,15H,(H,16,17);1-8,15H;1-8,14H,(H,15,16);3-6,12-13H,2H2,1H3;3-7H,1-2H3;1H,(H,2,3);1H4;/q;;;;;;;;;;+1/p-1. The van der Waals surface area contributed by atoms with Crippen LogP contribution in [0.1, 0.15) is 118 Å². The molecule has 16 aromatic carbocycles. The van der Waals surface area contributed by atoms with Crippen LogP contribution in [-0.2, 0) is 19.0 Å². The van der Waals surface area contributed by atoms with Gasteiger partial charge in [0.25, 0.3) is 11.8 Å². The van der Waals surface area contributed by atoms with Crippen LogP contribution in [0.4, 0.5) is 108 Å². The van der Waals surface area contributed by atoms with Crippen molar-refractivity contribution in [2.24, 2.45) is 15.0 Å². The number of nitrogens with one attached hydrogen (secondary N) is 8. The van der Waals surface area contributed by atoms with Crippen LogP contribution in [0.3, 0.4) is 0 Å². The van der Waals surface area contributed by atoms with E-state index in [9.17, 15) is 28.8 Å². The molecule has 21 rings (SSSR count). The van der Waals surface area contributed by atoms with E-state index in [4.69, 9.17) is 89.8 Å². The summed E-state index contributed by atoms with van der Waals surface area (Å²) in [4.78, 5) is 94.4. The van der Waals surface area contributed by atoms with E-state index in [0.29, 0.717) is 85.4 Å². The molecule has 736 valence electrons. The van der Waals surface area contributed by atoms with E-state index in [2.05, 4.69) is 64.6 Å². The monoisotopic (exact) mass is 2030 g/mol. The molecule has 0 atom stereocenters. The Morgan fingerprint density at radius 1 is 0.381 bits per heavy atom. The molecule has 5 aliphatic rings. The number of benzene rings is 16. The van der Waals surface area contributed by atoms with Gasteiger partial charge in [0.1, 0.15) is 5.17 Å². The normalized spacial score (nSPS) is 11.4. The number of nitrogens with two attached hydrogens (primary N) is 1. The van der Waals surface area contributed by atoms with Gasteiger partial charge in [-0.25, -0.2) is 34.2 Å². The second kappa shape index (κ2) is 55.1. The van der Waals surface area contributed by atoms with Crippen LogP contribution in [0.2, 0.25) is 10.0 Å². The number of carboxylic acid groups (broad SMARTS) is 2. The molecule has 13 N–H and O–H groups in total. The number of para-hydroxylation sites is 15. The minimum absolute atomic E-state index is 0. The van der Waals surface area contributed by atoms with Crippen molar-refractivity contribution < 1.29 is 97.6 Å². The summed E-state index contributed by atoms with van der Waals surface area (Å²) in [6, 6.07) is 118. The molecule has 0 unspecified atom stereocenters. The molecular weight excluding hydrogens is 1930 g/mol. The van der Waals surface area contributed by atoms with Gasteiger partial charge in [-0.1, -0.05) is 230 Å². The maximum atomic E-state index is 12.0. The van der Waals surface area contributed by atoms with Gasteiger partial charge in [0.2, 0.25) is 0 Å². The van der Waals surface area contributed by atoms with Crippen molar-refractivity contribution in [3.63, 3.8) is 0 Å². The molecule has 5 aliphatic heterocycles. The van der Waals surface area contributed by atoms with Gasteiger partial charge < -0.3 is 92.4 Å². The Bertz CT molecular complexity index is 7230. The molecule has 32 heteroatoms. The Morgan fingerprint density at radius 3 is 1.12 bits per heavy atom. The third-order valence-electron chi connectivity index (χ3n) is 21.8. The number of amides is 2. The number of carboxylic acids is 1. The fraction of sp³-hybridized carbons (Fsp3) is 0.0783. The van der Waals surface area contributed by atoms with Crippen molar-refractivity contribution >= 4 is 214 Å². The third kappa shape index (κ3) is 30.3. The predicted octanol–water partition coefficient (Wildman–Crippen LogP) is 21.6. The first kappa shape index (κ1) is 110. The fourth-order valence-electron chi connectivity index (χ4n) is 14.7. The SMILES string of the molecule is C.CCOC(=O)c1ccc(B(O)O)cc1.CCOC(=O)c1ccc(C2=Nc3ccccc3Nc3ccccc32)cc1.CCOC(=O)c1ccc(C2=Nc3ccccc3Nc3ccccc32)cc1.CN(C)c1ccccc1.ClC1=Nc2ccccc2Nc2ccccc21.Nc1ccc(Cl)cc1Nc1ccccc1C(=O)O.O=C1Nc2ccc(Cl)cc2Nc2ccccc21.O=C1Nc2ccccc2Nc2ccccc21.O=C[O-].[Na+]. The third-order valence-corrected chi connectivity index (χ3v) is 22.5. The Hall–Kier alpha value is -16.9. The first-order valence-electron chi connectivity index (χ1n) is 45.5. The Morgan fingerprint density at radius 2 is 0.701 bits per heavy atom. The minimum atomic E-state index is -1.51. The number of carbonyl (C=O) groups is 7. The number of hydrogen-bond acceptors (Lipinski definition) is 24. The predicted molar refractivity (Wildman–Crippen MR) is 588 cm³/mol. The summed E-state index contributed by atoms with van der Waals surface area (Å²) >= 11 is 18.0. The zero-order chi connectivity index (χ0) is 103. The van der Waals surface area contributed by atoms with Gasteiger partial charge >= 0.3 is 60.6 Å². The Labute approximate surface area is 888 Å². The second-order valence-electron chi connectivity index (χ2n) is 31.7. The number of fused-ring (bicyclic) bond motifs is 10. The number of halogens is 3. The molecule has 0 spiro atoms. The van der Waals surface area contributed by atoms with E-state index in [1.807, 2.05) is 269 Å². The van der Waals surface area contributed by atoms with E-state index in [-0.39, 0.29) is 66.3 Å². The number of nitrogen functional groups attached to an aromatic ring is 1. The smallest absolute Gasteiger partial charge is 0.554 e. The summed E-state index contributed by atoms with van der Waals surface area (Å²) in [5.41, 5.74) is 31.9. The van der Waals surface area contributed by atoms with Crippen molar-refractivity contribution in [3.05, 3.63) is 453 Å². The number of nitrogens with zero attached hydrogens (tertiary/aromatic N) is 4. The second-order valence-corrected chi connectivity index (χ2v) is 32.9. The molecule has 0 fully saturated rings. The van der Waals surface area contributed by atoms with Gasteiger partial charge in [-0.15, -0.1) is 0 Å². The first-order valence-corrected chi connectivity index (χ1v) is 46.6. The largest absolute Gasteiger partial charge is 1.00 e. The zero-order valence-electron chi connectivity index (χ0n) is 80.0. The van der Waals surface area contributed by atoms with Crippen LogP contribution in [0.25, 0.3) is 0 Å². The molecule has 27 nitrogen and oxygen atoms in total. The van der Waals surface area contributed by atoms with E-state index in [1.54, 1.807) is 106 Å². The van der Waals surface area contributed by atoms with Crippen molar-refractivity contribution in [1.29, 1.82) is 0 Å². The van der Waals surface area contributed by atoms with Crippen LogP contribution >= 0.6 is 34.8 Å². The quantitative estimate of drug-likeness (QED) is 0.0168. The number of anilines is 16. The van der Waals surface area contributed by atoms with E-state index in [0.717, 1.165) is 125 Å². The van der Waals surface area contributed by atoms with Crippen LogP contribution in [0.15, 0.2) is 397 Å². The molecule has 0 aliphatic carbocycles. The summed E-state index contributed by atoms with van der Waals surface area (Å²) in [5.74, 6) is -2.23. The van der Waals surface area contributed by atoms with Gasteiger partial charge in [-0.2, -0.15) is 0 Å². The Kier molecular flexibility index (Phi) is 41.4. The number of hydrogen-bond donors (Lipinski definition) is 12. The van der Waals surface area contributed by atoms with Gasteiger partial charge in [0.15, 0.2) is 0 Å². The average Bonchev–Trinajstić information content (AvgIpc) is 1.67. The number of esters is 3. The van der Waals surface area contributed by atoms with Crippen LogP contribution in [-0.4, -0.2) is 115 Å². The molecule has 0 radical (unpaired) electrons. The van der Waals surface area contributed by atoms with Crippen molar-refractivity contribution in [2.45, 2.75) is 28.2 Å². The van der Waals surface area contributed by atoms with E-state index >= 15 is 0 Å². The van der Waals surface area contributed by atoms with Crippen molar-refractivity contribution in [1.82, 2.24) is 0 Å². The Balaban J connectivity index is 0.000000161. The summed E-state index contributed by atoms with van der Waals surface area (Å²) in [6.07, 6.45) is 0. The number of carbonyl (C=O) groups excluding carboxylic acids is 6. The van der Waals surface area contributed by atoms with E-state index < -0.39 is 25.5 Å². The molecule has 2 amide bonds. The number of aromatic carboxylic acids is 1. The van der Waals surface area contributed by atoms with Crippen molar-refractivity contribution in [3.8, 4) is 0 Å². The summed E-state index contributed by atoms with van der Waals surface area (Å²) < 4.78 is 14.9. The van der Waals surface area contributed by atoms with Gasteiger partial charge in [-0.3, -0.25) is 9.59 Å². The molecule has 0 bridgehead atoms. The van der Waals surface area contributed by atoms with Gasteiger partial charge in [-0.05, 0) is 220 Å². The number of rotatable bonds is 13. The van der Waals surface area contributed by atoms with E-state index in [1.165, 1.54) is 36.0 Å². The molecule has 0 aromatic heterocycles. The first-order chi connectivity index (χ1) is 70.4. The van der Waals surface area contributed by atoms with Crippen LogP contribution < -0.4 is 93.3 Å². The minimum Gasteiger partial charge on any atom is -0.554 e. The number of aliphatic imine (C=N–C) groups is 3. The molecular formula is C115H102BCl3N13NaO14. The maximum absolute atomic E-state index is 12.0. The molecule has 0 saturated heterocycles. The van der Waals surface area contributed by atoms with Crippen molar-refractivity contribution in [2.75, 3.05) is 87.1 Å². The van der Waals surface area contributed by atoms with Crippen LogP contribution in [0, 0.1) is 0 Å². The molecule has 147 heavy (non-hydrogen) atoms. The van der Waals surface area contributed by atoms with Gasteiger partial charge in [0.05, 0.1) is 150 Å². The molecule has 5 heterocycles. The summed E-state index contributed by atoms with van der Waals surface area (Å²) in [6.45, 7) is 5.88. The number of ether oxygens (including phenoxy) is 3. The fourth-order valence-corrected chi connectivity index (χ4v) is 15.3. The molecule has 0 saturated carbocycles. The molecule has 16 aromatic rings.